The summed E-state index contributed by atoms with van der Waals surface area (Å²) < 4.78 is 49.1. The van der Waals surface area contributed by atoms with Crippen molar-refractivity contribution in [3.63, 3.8) is 0 Å². The summed E-state index contributed by atoms with van der Waals surface area (Å²) in [6.45, 7) is 2.18. The summed E-state index contributed by atoms with van der Waals surface area (Å²) in [7, 11) is -1.28. The Morgan fingerprint density at radius 2 is 1.58 bits per heavy atom. The predicted molar refractivity (Wildman–Crippen MR) is 97.8 cm³/mol. The Kier molecular flexibility index (Phi) is 6.20. The molecule has 2 aliphatic rings. The van der Waals surface area contributed by atoms with Crippen molar-refractivity contribution in [2.75, 3.05) is 26.4 Å². The third-order valence-electron chi connectivity index (χ3n) is 5.30. The van der Waals surface area contributed by atoms with E-state index in [9.17, 15) is 12.8 Å². The number of nitrogens with zero attached hydrogens (tertiary/aromatic N) is 1. The zero-order valence-electron chi connectivity index (χ0n) is 15.5. The van der Waals surface area contributed by atoms with E-state index in [-0.39, 0.29) is 22.9 Å². The second kappa shape index (κ2) is 8.23. The van der Waals surface area contributed by atoms with Crippen LogP contribution in [0.2, 0.25) is 0 Å². The van der Waals surface area contributed by atoms with Crippen LogP contribution in [0, 0.1) is 5.82 Å². The zero-order chi connectivity index (χ0) is 18.7. The maximum absolute atomic E-state index is 14.1. The number of hydrogen-bond donors (Lipinski definition) is 0. The molecule has 0 N–H and O–H groups in total. The Labute approximate surface area is 155 Å². The van der Waals surface area contributed by atoms with Crippen LogP contribution in [0.25, 0.3) is 0 Å². The predicted octanol–water partition coefficient (Wildman–Crippen LogP) is 3.03. The Hall–Kier alpha value is -1.18. The smallest absolute Gasteiger partial charge is 0.175 e. The molecule has 1 saturated heterocycles. The third kappa shape index (κ3) is 5.18. The summed E-state index contributed by atoms with van der Waals surface area (Å²) in [6.07, 6.45) is 7.29. The van der Waals surface area contributed by atoms with E-state index in [1.54, 1.807) is 0 Å². The lowest BCUT2D eigenvalue weighted by Gasteiger charge is -2.35. The van der Waals surface area contributed by atoms with Gasteiger partial charge in [0, 0.05) is 19.3 Å². The molecule has 1 aromatic rings. The average Bonchev–Trinajstić information content (AvgIpc) is 2.59. The van der Waals surface area contributed by atoms with Gasteiger partial charge in [0.25, 0.3) is 0 Å². The van der Waals surface area contributed by atoms with Gasteiger partial charge in [-0.15, -0.1) is 0 Å². The van der Waals surface area contributed by atoms with Crippen LogP contribution in [0.15, 0.2) is 23.1 Å². The number of likely N-dealkylation sites (tertiary alicyclic amines) is 1. The molecule has 1 aliphatic carbocycles. The summed E-state index contributed by atoms with van der Waals surface area (Å²) in [4.78, 5) is 2.30. The van der Waals surface area contributed by atoms with Crippen LogP contribution < -0.4 is 4.74 Å². The third-order valence-corrected chi connectivity index (χ3v) is 6.41. The molecular weight excluding hydrogens is 357 g/mol. The van der Waals surface area contributed by atoms with Gasteiger partial charge in [-0.3, -0.25) is 0 Å². The molecule has 0 atom stereocenters. The van der Waals surface area contributed by atoms with Crippen LogP contribution in [-0.4, -0.2) is 58.0 Å². The summed E-state index contributed by atoms with van der Waals surface area (Å²) in [5.41, 5.74) is 0. The van der Waals surface area contributed by atoms with E-state index in [4.69, 9.17) is 9.47 Å². The molecule has 1 heterocycles. The summed E-state index contributed by atoms with van der Waals surface area (Å²) in [5.74, 6) is -0.505. The molecule has 0 radical (unpaired) electrons. The van der Waals surface area contributed by atoms with Crippen LogP contribution in [0.3, 0.4) is 0 Å². The fourth-order valence-electron chi connectivity index (χ4n) is 3.67. The van der Waals surface area contributed by atoms with E-state index < -0.39 is 15.7 Å². The van der Waals surface area contributed by atoms with E-state index in [2.05, 4.69) is 11.9 Å². The molecule has 0 spiro atoms. The van der Waals surface area contributed by atoms with Crippen LogP contribution in [0.4, 0.5) is 4.39 Å². The number of piperidine rings is 1. The van der Waals surface area contributed by atoms with E-state index >= 15 is 0 Å². The Bertz CT molecular complexity index is 708. The molecule has 1 aromatic carbocycles. The summed E-state index contributed by atoms with van der Waals surface area (Å²) in [6, 6.07) is 3.83. The molecule has 2 fully saturated rings. The maximum atomic E-state index is 14.1. The summed E-state index contributed by atoms with van der Waals surface area (Å²) in [5, 5.41) is 0. The highest BCUT2D eigenvalue weighted by atomic mass is 32.2. The van der Waals surface area contributed by atoms with Gasteiger partial charge in [-0.25, -0.2) is 12.8 Å². The lowest BCUT2D eigenvalue weighted by molar-refractivity contribution is -0.0645. The standard InChI is InChI=1S/C19H28FNO4S/c1-21-11-9-16(10-12-21)24-14-3-5-15(6-4-14)25-19-8-7-17(13-18(19)20)26(2,22)23/h7-8,13-16H,3-6,9-12H2,1-2H3. The van der Waals surface area contributed by atoms with Gasteiger partial charge in [0.2, 0.25) is 0 Å². The molecule has 0 aromatic heterocycles. The highest BCUT2D eigenvalue weighted by Gasteiger charge is 2.27. The molecule has 1 saturated carbocycles. The maximum Gasteiger partial charge on any atom is 0.175 e. The summed E-state index contributed by atoms with van der Waals surface area (Å²) >= 11 is 0. The number of benzene rings is 1. The molecule has 5 nitrogen and oxygen atoms in total. The average molecular weight is 386 g/mol. The minimum Gasteiger partial charge on any atom is -0.487 e. The fourth-order valence-corrected chi connectivity index (χ4v) is 4.30. The van der Waals surface area contributed by atoms with Gasteiger partial charge in [0.15, 0.2) is 21.4 Å². The van der Waals surface area contributed by atoms with Crippen molar-refractivity contribution < 1.29 is 22.3 Å². The quantitative estimate of drug-likeness (QED) is 0.780. The first-order valence-electron chi connectivity index (χ1n) is 9.31. The van der Waals surface area contributed by atoms with Gasteiger partial charge in [0.1, 0.15) is 0 Å². The van der Waals surface area contributed by atoms with Crippen LogP contribution in [0.5, 0.6) is 5.75 Å². The molecule has 0 bridgehead atoms. The van der Waals surface area contributed by atoms with E-state index in [0.29, 0.717) is 6.10 Å². The van der Waals surface area contributed by atoms with Gasteiger partial charge >= 0.3 is 0 Å². The monoisotopic (exact) mass is 385 g/mol. The van der Waals surface area contributed by atoms with Crippen LogP contribution >= 0.6 is 0 Å². The lowest BCUT2D eigenvalue weighted by Crippen LogP contribution is -2.37. The number of rotatable bonds is 5. The minimum absolute atomic E-state index is 0.0300. The normalized spacial score (nSPS) is 26.0. The van der Waals surface area contributed by atoms with Gasteiger partial charge in [0.05, 0.1) is 23.2 Å². The van der Waals surface area contributed by atoms with Crippen molar-refractivity contribution in [2.24, 2.45) is 0 Å². The van der Waals surface area contributed by atoms with E-state index in [1.807, 2.05) is 0 Å². The topological polar surface area (TPSA) is 55.8 Å². The highest BCUT2D eigenvalue weighted by Crippen LogP contribution is 2.29. The van der Waals surface area contributed by atoms with Gasteiger partial charge < -0.3 is 14.4 Å². The number of halogens is 1. The molecule has 146 valence electrons. The number of hydrogen-bond acceptors (Lipinski definition) is 5. The SMILES string of the molecule is CN1CCC(OC2CCC(Oc3ccc(S(C)(=O)=O)cc3F)CC2)CC1. The highest BCUT2D eigenvalue weighted by molar-refractivity contribution is 7.90. The first-order valence-corrected chi connectivity index (χ1v) is 11.2. The Balaban J connectivity index is 1.48. The second-order valence-electron chi connectivity index (χ2n) is 7.52. The number of ether oxygens (including phenoxy) is 2. The van der Waals surface area contributed by atoms with Crippen LogP contribution in [-0.2, 0) is 14.6 Å². The van der Waals surface area contributed by atoms with Gasteiger partial charge in [-0.2, -0.15) is 0 Å². The largest absolute Gasteiger partial charge is 0.487 e. The van der Waals surface area contributed by atoms with Crippen molar-refractivity contribution in [2.45, 2.75) is 61.7 Å². The van der Waals surface area contributed by atoms with Crippen molar-refractivity contribution in [3.05, 3.63) is 24.0 Å². The molecule has 1 aliphatic heterocycles. The second-order valence-corrected chi connectivity index (χ2v) is 9.54. The van der Waals surface area contributed by atoms with Crippen molar-refractivity contribution in [1.29, 1.82) is 0 Å². The molecule has 7 heteroatoms. The van der Waals surface area contributed by atoms with Gasteiger partial charge in [-0.05, 0) is 63.8 Å². The molecular formula is C19H28FNO4S. The fraction of sp³-hybridized carbons (Fsp3) is 0.684. The lowest BCUT2D eigenvalue weighted by atomic mass is 9.94. The molecule has 3 rings (SSSR count). The Morgan fingerprint density at radius 1 is 1.00 bits per heavy atom. The van der Waals surface area contributed by atoms with Crippen LogP contribution in [0.1, 0.15) is 38.5 Å². The Morgan fingerprint density at radius 3 is 2.15 bits per heavy atom. The molecule has 0 unspecified atom stereocenters. The van der Waals surface area contributed by atoms with Crippen molar-refractivity contribution in [1.82, 2.24) is 4.90 Å². The molecule has 0 amide bonds. The molecule has 26 heavy (non-hydrogen) atoms. The number of sulfone groups is 1. The van der Waals surface area contributed by atoms with Crippen molar-refractivity contribution in [3.8, 4) is 5.75 Å². The zero-order valence-corrected chi connectivity index (χ0v) is 16.3. The minimum atomic E-state index is -3.42. The first-order chi connectivity index (χ1) is 12.3. The van der Waals surface area contributed by atoms with E-state index in [0.717, 1.165) is 63.9 Å². The first kappa shape index (κ1) is 19.6. The van der Waals surface area contributed by atoms with Gasteiger partial charge in [-0.1, -0.05) is 0 Å². The van der Waals surface area contributed by atoms with Crippen molar-refractivity contribution >= 4 is 9.84 Å². The van der Waals surface area contributed by atoms with E-state index in [1.165, 1.54) is 12.1 Å².